The van der Waals surface area contributed by atoms with Crippen molar-refractivity contribution in [2.24, 2.45) is 0 Å². The molecule has 2 unspecified atom stereocenters. The van der Waals surface area contributed by atoms with Gasteiger partial charge in [0.1, 0.15) is 6.61 Å². The number of carbonyl (C=O) groups is 3. The molecule has 8 heteroatoms. The highest BCUT2D eigenvalue weighted by molar-refractivity contribution is 5.72. The van der Waals surface area contributed by atoms with Gasteiger partial charge in [-0.1, -0.05) is 187 Å². The van der Waals surface area contributed by atoms with Crippen molar-refractivity contribution in [3.05, 3.63) is 109 Å². The zero-order valence-electron chi connectivity index (χ0n) is 41.9. The van der Waals surface area contributed by atoms with Crippen LogP contribution in [0.2, 0.25) is 0 Å². The fourth-order valence-corrected chi connectivity index (χ4v) is 6.84. The average Bonchev–Trinajstić information content (AvgIpc) is 3.27. The molecule has 0 saturated heterocycles. The normalized spacial score (nSPS) is 13.8. The molecule has 0 saturated carbocycles. The molecule has 0 amide bonds. The highest BCUT2D eigenvalue weighted by Gasteiger charge is 2.31. The van der Waals surface area contributed by atoms with Crippen molar-refractivity contribution in [1.82, 2.24) is 0 Å². The van der Waals surface area contributed by atoms with Crippen molar-refractivity contribution in [1.29, 1.82) is 0 Å². The molecule has 2 atom stereocenters. The second-order valence-corrected chi connectivity index (χ2v) is 17.8. The van der Waals surface area contributed by atoms with Crippen molar-refractivity contribution in [2.75, 3.05) is 41.0 Å². The van der Waals surface area contributed by atoms with Crippen LogP contribution in [-0.4, -0.2) is 80.6 Å². The Kier molecular flexibility index (Phi) is 43.6. The number of rotatable bonds is 44. The number of aliphatic carboxylic acids is 1. The quantitative estimate of drug-likeness (QED) is 0.0214. The van der Waals surface area contributed by atoms with Gasteiger partial charge in [0.15, 0.2) is 12.1 Å². The molecule has 0 rings (SSSR count). The van der Waals surface area contributed by atoms with Crippen molar-refractivity contribution in [3.8, 4) is 0 Å². The van der Waals surface area contributed by atoms with Crippen LogP contribution in [0.15, 0.2) is 109 Å². The first-order valence-electron chi connectivity index (χ1n) is 25.5. The molecular weight excluding hydrogens is 811 g/mol. The number of esters is 2. The van der Waals surface area contributed by atoms with E-state index in [1.165, 1.54) is 38.5 Å². The molecule has 65 heavy (non-hydrogen) atoms. The first kappa shape index (κ1) is 61.0. The molecular formula is C57H94NO7+. The van der Waals surface area contributed by atoms with E-state index in [2.05, 4.69) is 117 Å². The first-order chi connectivity index (χ1) is 31.6. The monoisotopic (exact) mass is 905 g/mol. The minimum absolute atomic E-state index is 0.0404. The summed E-state index contributed by atoms with van der Waals surface area (Å²) in [5, 5.41) is 9.65. The second kappa shape index (κ2) is 46.5. The number of hydrogen-bond donors (Lipinski definition) is 1. The van der Waals surface area contributed by atoms with Gasteiger partial charge in [0.25, 0.3) is 0 Å². The van der Waals surface area contributed by atoms with Gasteiger partial charge in [-0.25, -0.2) is 4.79 Å². The van der Waals surface area contributed by atoms with E-state index in [-0.39, 0.29) is 36.2 Å². The Bertz CT molecular complexity index is 1420. The summed E-state index contributed by atoms with van der Waals surface area (Å²) < 4.78 is 17.3. The number of carbonyl (C=O) groups excluding carboxylic acids is 2. The van der Waals surface area contributed by atoms with Gasteiger partial charge in [0, 0.05) is 19.3 Å². The summed E-state index contributed by atoms with van der Waals surface area (Å²) in [6.45, 7) is 4.54. The molecule has 8 nitrogen and oxygen atoms in total. The number of carboxylic acids is 1. The predicted octanol–water partition coefficient (Wildman–Crippen LogP) is 14.8. The van der Waals surface area contributed by atoms with E-state index in [1.54, 1.807) is 0 Å². The number of likely N-dealkylation sites (N-methyl/N-ethyl adjacent to an activating group) is 1. The lowest BCUT2D eigenvalue weighted by Crippen LogP contribution is -2.50. The maximum absolute atomic E-state index is 12.8. The number of nitrogens with zero attached hydrogens (tertiary/aromatic N) is 1. The Balaban J connectivity index is 4.34. The third-order valence-corrected chi connectivity index (χ3v) is 10.8. The van der Waals surface area contributed by atoms with Gasteiger partial charge >= 0.3 is 17.9 Å². The maximum Gasteiger partial charge on any atom is 0.362 e. The van der Waals surface area contributed by atoms with E-state index in [9.17, 15) is 19.5 Å². The molecule has 0 aliphatic heterocycles. The smallest absolute Gasteiger partial charge is 0.362 e. The molecule has 0 bridgehead atoms. The molecule has 1 N–H and O–H groups in total. The predicted molar refractivity (Wildman–Crippen MR) is 275 cm³/mol. The van der Waals surface area contributed by atoms with Crippen LogP contribution in [0.5, 0.6) is 0 Å². The van der Waals surface area contributed by atoms with Crippen LogP contribution in [0.3, 0.4) is 0 Å². The average molecular weight is 905 g/mol. The van der Waals surface area contributed by atoms with E-state index in [4.69, 9.17) is 14.2 Å². The second-order valence-electron chi connectivity index (χ2n) is 17.8. The third-order valence-electron chi connectivity index (χ3n) is 10.8. The molecule has 0 aromatic rings. The minimum atomic E-state index is -0.885. The van der Waals surface area contributed by atoms with Crippen LogP contribution in [-0.2, 0) is 28.6 Å². The number of unbranched alkanes of at least 4 members (excludes halogenated alkanes) is 15. The molecule has 368 valence electrons. The fraction of sp³-hybridized carbons (Fsp3) is 0.632. The summed E-state index contributed by atoms with van der Waals surface area (Å²) in [5.41, 5.74) is 0. The SMILES string of the molecule is CC/C=C/C/C=C/C/C=C/C/C=C/C/C=C/CCCCCCCCCC(=O)OCC(COCCC(C(=O)O)[N+](C)(C)C)OC(=O)CCCCCCC/C=C/C=C/C=C/C=C/CCCCC. The highest BCUT2D eigenvalue weighted by atomic mass is 16.6. The fourth-order valence-electron chi connectivity index (χ4n) is 6.84. The first-order valence-corrected chi connectivity index (χ1v) is 25.5. The Morgan fingerprint density at radius 1 is 0.492 bits per heavy atom. The lowest BCUT2D eigenvalue weighted by Gasteiger charge is -2.31. The van der Waals surface area contributed by atoms with Crippen LogP contribution in [0, 0.1) is 0 Å². The molecule has 0 spiro atoms. The lowest BCUT2D eigenvalue weighted by atomic mass is 10.1. The third kappa shape index (κ3) is 45.0. The van der Waals surface area contributed by atoms with Crippen molar-refractivity contribution in [2.45, 2.75) is 193 Å². The van der Waals surface area contributed by atoms with Crippen LogP contribution >= 0.6 is 0 Å². The molecule has 0 radical (unpaired) electrons. The van der Waals surface area contributed by atoms with Gasteiger partial charge in [0.2, 0.25) is 0 Å². The Hall–Kier alpha value is -4.01. The van der Waals surface area contributed by atoms with Crippen LogP contribution in [0.25, 0.3) is 0 Å². The largest absolute Gasteiger partial charge is 0.477 e. The van der Waals surface area contributed by atoms with Gasteiger partial charge < -0.3 is 23.8 Å². The molecule has 0 heterocycles. The van der Waals surface area contributed by atoms with E-state index >= 15 is 0 Å². The highest BCUT2D eigenvalue weighted by Crippen LogP contribution is 2.13. The Morgan fingerprint density at radius 3 is 1.42 bits per heavy atom. The van der Waals surface area contributed by atoms with Gasteiger partial charge in [0.05, 0.1) is 34.4 Å². The molecule has 0 fully saturated rings. The standard InChI is InChI=1S/C57H93NO7/c1-6-8-10-12-14-16-18-20-22-24-26-27-28-29-30-32-33-35-37-39-41-43-45-47-55(59)64-52-53(51-63-50-49-54(57(61)62)58(3,4)5)65-56(60)48-46-44-42-40-38-36-34-31-25-23-21-19-17-15-13-11-9-7-2/h8,10,14-17,19-23,25-27,29-31,34,53-54H,6-7,9,11-13,18,24,28,32-33,35-52H2,1-5H3/p+1/b10-8+,16-14+,17-15+,21-19+,22-20+,25-23+,27-26+,30-29+,34-31+. The van der Waals surface area contributed by atoms with Crippen molar-refractivity contribution in [3.63, 3.8) is 0 Å². The molecule has 0 aromatic carbocycles. The zero-order valence-corrected chi connectivity index (χ0v) is 41.9. The van der Waals surface area contributed by atoms with E-state index < -0.39 is 18.1 Å². The Morgan fingerprint density at radius 2 is 0.923 bits per heavy atom. The van der Waals surface area contributed by atoms with E-state index in [0.717, 1.165) is 109 Å². The summed E-state index contributed by atoms with van der Waals surface area (Å²) >= 11 is 0. The van der Waals surface area contributed by atoms with Crippen LogP contribution in [0.4, 0.5) is 0 Å². The molecule has 0 aliphatic carbocycles. The minimum Gasteiger partial charge on any atom is -0.477 e. The summed E-state index contributed by atoms with van der Waals surface area (Å²) in [7, 11) is 5.51. The molecule has 0 aliphatic rings. The summed E-state index contributed by atoms with van der Waals surface area (Å²) in [6, 6.07) is -0.629. The van der Waals surface area contributed by atoms with Crippen molar-refractivity contribution < 1.29 is 38.2 Å². The van der Waals surface area contributed by atoms with Gasteiger partial charge in [-0.3, -0.25) is 9.59 Å². The Labute approximate surface area is 398 Å². The number of hydrogen-bond acceptors (Lipinski definition) is 6. The topological polar surface area (TPSA) is 99.1 Å². The van der Waals surface area contributed by atoms with Gasteiger partial charge in [-0.2, -0.15) is 0 Å². The van der Waals surface area contributed by atoms with Gasteiger partial charge in [-0.15, -0.1) is 0 Å². The summed E-state index contributed by atoms with van der Waals surface area (Å²) in [6.07, 6.45) is 64.1. The van der Waals surface area contributed by atoms with E-state index in [0.29, 0.717) is 19.3 Å². The number of carboxylic acid groups (broad SMARTS) is 1. The summed E-state index contributed by atoms with van der Waals surface area (Å²) in [4.78, 5) is 37.2. The lowest BCUT2D eigenvalue weighted by molar-refractivity contribution is -0.887. The number of ether oxygens (including phenoxy) is 3. The number of quaternary nitrogens is 1. The maximum atomic E-state index is 12.8. The van der Waals surface area contributed by atoms with Crippen LogP contribution < -0.4 is 0 Å². The van der Waals surface area contributed by atoms with Gasteiger partial charge in [-0.05, 0) is 83.5 Å². The van der Waals surface area contributed by atoms with Crippen molar-refractivity contribution >= 4 is 17.9 Å². The summed E-state index contributed by atoms with van der Waals surface area (Å²) in [5.74, 6) is -1.52. The number of allylic oxidation sites excluding steroid dienone is 18. The zero-order chi connectivity index (χ0) is 47.7. The van der Waals surface area contributed by atoms with E-state index in [1.807, 2.05) is 27.2 Å². The van der Waals surface area contributed by atoms with Crippen LogP contribution in [0.1, 0.15) is 181 Å². The molecule has 0 aromatic heterocycles.